The van der Waals surface area contributed by atoms with Gasteiger partial charge in [-0.2, -0.15) is 0 Å². The van der Waals surface area contributed by atoms with Gasteiger partial charge in [0.1, 0.15) is 5.75 Å². The van der Waals surface area contributed by atoms with Crippen LogP contribution >= 0.6 is 0 Å². The first kappa shape index (κ1) is 16.5. The van der Waals surface area contributed by atoms with E-state index in [9.17, 15) is 4.79 Å². The summed E-state index contributed by atoms with van der Waals surface area (Å²) in [6.45, 7) is 3.69. The first-order chi connectivity index (χ1) is 11.7. The Balaban J connectivity index is 1.75. The molecule has 0 spiro atoms. The molecule has 1 saturated heterocycles. The number of methoxy groups -OCH3 is 1. The summed E-state index contributed by atoms with van der Waals surface area (Å²) in [6.07, 6.45) is 0. The molecule has 3 rings (SSSR count). The number of rotatable bonds is 5. The highest BCUT2D eigenvalue weighted by atomic mass is 16.5. The van der Waals surface area contributed by atoms with Gasteiger partial charge in [0, 0.05) is 24.6 Å². The minimum atomic E-state index is -0.0983. The van der Waals surface area contributed by atoms with Crippen LogP contribution in [-0.4, -0.2) is 26.1 Å². The van der Waals surface area contributed by atoms with Gasteiger partial charge in [-0.05, 0) is 30.2 Å². The van der Waals surface area contributed by atoms with E-state index in [4.69, 9.17) is 4.74 Å². The van der Waals surface area contributed by atoms with Crippen molar-refractivity contribution in [3.8, 4) is 5.75 Å². The third-order valence-corrected chi connectivity index (χ3v) is 4.40. The molecule has 0 radical (unpaired) electrons. The Labute approximate surface area is 142 Å². The number of hydrazine groups is 1. The van der Waals surface area contributed by atoms with Crippen LogP contribution in [0.2, 0.25) is 0 Å². The molecule has 0 aliphatic carbocycles. The number of carbonyl (C=O) groups is 1. The van der Waals surface area contributed by atoms with Gasteiger partial charge in [0.05, 0.1) is 13.2 Å². The van der Waals surface area contributed by atoms with Crippen molar-refractivity contribution in [2.75, 3.05) is 20.2 Å². The molecule has 1 fully saturated rings. The highest BCUT2D eigenvalue weighted by molar-refractivity contribution is 5.95. The number of amides is 1. The molecule has 2 aromatic carbocycles. The normalized spacial score (nSPS) is 15.9. The van der Waals surface area contributed by atoms with Gasteiger partial charge in [-0.3, -0.25) is 15.6 Å². The average molecular weight is 325 g/mol. The quantitative estimate of drug-likeness (QED) is 0.790. The molecule has 1 amide bonds. The van der Waals surface area contributed by atoms with Gasteiger partial charge in [-0.15, -0.1) is 0 Å². The van der Waals surface area contributed by atoms with Crippen LogP contribution in [0.4, 0.5) is 0 Å². The second-order valence-electron chi connectivity index (χ2n) is 6.02. The maximum absolute atomic E-state index is 12.5. The molecule has 5 heteroatoms. The van der Waals surface area contributed by atoms with E-state index in [1.54, 1.807) is 7.11 Å². The number of hydrogen-bond acceptors (Lipinski definition) is 4. The highest BCUT2D eigenvalue weighted by Crippen LogP contribution is 2.28. The maximum atomic E-state index is 12.5. The highest BCUT2D eigenvalue weighted by Gasteiger charge is 2.21. The monoisotopic (exact) mass is 325 g/mol. The molecule has 126 valence electrons. The summed E-state index contributed by atoms with van der Waals surface area (Å²) in [4.78, 5) is 12.5. The standard InChI is InChI=1S/C19H23N3O2/c1-13(14-6-4-3-5-7-14)22-19(23)15-8-9-17(18(10-15)24-2)16-11-20-21-12-16/h3-10,13,16,20-21H,11-12H2,1-2H3,(H,22,23)/t13-/m1/s1. The minimum Gasteiger partial charge on any atom is -0.496 e. The van der Waals surface area contributed by atoms with Crippen LogP contribution in [0.1, 0.15) is 40.4 Å². The van der Waals surface area contributed by atoms with Gasteiger partial charge in [-0.1, -0.05) is 36.4 Å². The Hall–Kier alpha value is -2.37. The molecule has 0 unspecified atom stereocenters. The summed E-state index contributed by atoms with van der Waals surface area (Å²) in [5, 5.41) is 3.03. The zero-order valence-corrected chi connectivity index (χ0v) is 14.0. The van der Waals surface area contributed by atoms with Crippen molar-refractivity contribution in [3.63, 3.8) is 0 Å². The molecule has 1 aliphatic rings. The van der Waals surface area contributed by atoms with Crippen molar-refractivity contribution >= 4 is 5.91 Å². The van der Waals surface area contributed by atoms with Gasteiger partial charge in [-0.25, -0.2) is 0 Å². The molecule has 3 N–H and O–H groups in total. The van der Waals surface area contributed by atoms with Crippen molar-refractivity contribution in [1.29, 1.82) is 0 Å². The van der Waals surface area contributed by atoms with Gasteiger partial charge in [0.25, 0.3) is 5.91 Å². The van der Waals surface area contributed by atoms with E-state index in [-0.39, 0.29) is 11.9 Å². The van der Waals surface area contributed by atoms with E-state index in [0.29, 0.717) is 11.5 Å². The number of benzene rings is 2. The second-order valence-corrected chi connectivity index (χ2v) is 6.02. The molecule has 0 bridgehead atoms. The van der Waals surface area contributed by atoms with Crippen LogP contribution in [0.15, 0.2) is 48.5 Å². The summed E-state index contributed by atoms with van der Waals surface area (Å²) in [6, 6.07) is 15.5. The maximum Gasteiger partial charge on any atom is 0.251 e. The third kappa shape index (κ3) is 3.58. The van der Waals surface area contributed by atoms with Crippen molar-refractivity contribution < 1.29 is 9.53 Å². The zero-order valence-electron chi connectivity index (χ0n) is 14.0. The van der Waals surface area contributed by atoms with Gasteiger partial charge in [0.15, 0.2) is 0 Å². The number of carbonyl (C=O) groups excluding carboxylic acids is 1. The van der Waals surface area contributed by atoms with Crippen molar-refractivity contribution in [3.05, 3.63) is 65.2 Å². The molecule has 1 atom stereocenters. The van der Waals surface area contributed by atoms with Gasteiger partial charge >= 0.3 is 0 Å². The fourth-order valence-corrected chi connectivity index (χ4v) is 2.98. The molecule has 24 heavy (non-hydrogen) atoms. The molecule has 1 heterocycles. The van der Waals surface area contributed by atoms with Crippen molar-refractivity contribution in [1.82, 2.24) is 16.2 Å². The van der Waals surface area contributed by atoms with Crippen LogP contribution in [0, 0.1) is 0 Å². The lowest BCUT2D eigenvalue weighted by molar-refractivity contribution is 0.0939. The van der Waals surface area contributed by atoms with E-state index in [2.05, 4.69) is 16.2 Å². The molecular weight excluding hydrogens is 302 g/mol. The smallest absolute Gasteiger partial charge is 0.251 e. The first-order valence-corrected chi connectivity index (χ1v) is 8.18. The lowest BCUT2D eigenvalue weighted by Gasteiger charge is -2.17. The summed E-state index contributed by atoms with van der Waals surface area (Å²) in [5.41, 5.74) is 9.04. The van der Waals surface area contributed by atoms with Crippen LogP contribution < -0.4 is 20.9 Å². The Morgan fingerprint density at radius 3 is 2.54 bits per heavy atom. The summed E-state index contributed by atoms with van der Waals surface area (Å²) < 4.78 is 5.50. The Morgan fingerprint density at radius 1 is 1.17 bits per heavy atom. The average Bonchev–Trinajstić information content (AvgIpc) is 3.16. The summed E-state index contributed by atoms with van der Waals surface area (Å²) >= 11 is 0. The number of hydrogen-bond donors (Lipinski definition) is 3. The largest absolute Gasteiger partial charge is 0.496 e. The molecule has 0 aromatic heterocycles. The number of ether oxygens (including phenoxy) is 1. The van der Waals surface area contributed by atoms with Gasteiger partial charge < -0.3 is 10.1 Å². The van der Waals surface area contributed by atoms with Crippen LogP contribution in [0.5, 0.6) is 5.75 Å². The lowest BCUT2D eigenvalue weighted by atomic mass is 9.97. The Bertz CT molecular complexity index is 697. The summed E-state index contributed by atoms with van der Waals surface area (Å²) in [5.74, 6) is 1.00. The molecule has 1 aliphatic heterocycles. The fourth-order valence-electron chi connectivity index (χ4n) is 2.98. The van der Waals surface area contributed by atoms with Crippen LogP contribution in [0.25, 0.3) is 0 Å². The van der Waals surface area contributed by atoms with Crippen molar-refractivity contribution in [2.24, 2.45) is 0 Å². The fraction of sp³-hybridized carbons (Fsp3) is 0.316. The third-order valence-electron chi connectivity index (χ3n) is 4.40. The van der Waals surface area contributed by atoms with Crippen molar-refractivity contribution in [2.45, 2.75) is 18.9 Å². The molecular formula is C19H23N3O2. The Morgan fingerprint density at radius 2 is 1.88 bits per heavy atom. The zero-order chi connectivity index (χ0) is 16.9. The second kappa shape index (κ2) is 7.47. The van der Waals surface area contributed by atoms with E-state index in [1.807, 2.05) is 55.5 Å². The molecule has 0 saturated carbocycles. The first-order valence-electron chi connectivity index (χ1n) is 8.18. The predicted molar refractivity (Wildman–Crippen MR) is 94.1 cm³/mol. The number of nitrogens with one attached hydrogen (secondary N) is 3. The van der Waals surface area contributed by atoms with E-state index in [1.165, 1.54) is 0 Å². The Kier molecular flexibility index (Phi) is 5.13. The molecule has 5 nitrogen and oxygen atoms in total. The van der Waals surface area contributed by atoms with E-state index < -0.39 is 0 Å². The van der Waals surface area contributed by atoms with Crippen LogP contribution in [-0.2, 0) is 0 Å². The topological polar surface area (TPSA) is 62.4 Å². The lowest BCUT2D eigenvalue weighted by Crippen LogP contribution is -2.26. The minimum absolute atomic E-state index is 0.0485. The van der Waals surface area contributed by atoms with E-state index >= 15 is 0 Å². The van der Waals surface area contributed by atoms with Gasteiger partial charge in [0.2, 0.25) is 0 Å². The molecule has 2 aromatic rings. The predicted octanol–water partition coefficient (Wildman–Crippen LogP) is 2.38. The van der Waals surface area contributed by atoms with Crippen LogP contribution in [0.3, 0.4) is 0 Å². The summed E-state index contributed by atoms with van der Waals surface area (Å²) in [7, 11) is 1.64. The SMILES string of the molecule is COc1cc(C(=O)N[C@H](C)c2ccccc2)ccc1C1CNNC1. The van der Waals surface area contributed by atoms with E-state index in [0.717, 1.165) is 30.0 Å².